The molecule has 2 aromatic rings. The zero-order valence-corrected chi connectivity index (χ0v) is 16.2. The minimum absolute atomic E-state index is 0.0682. The van der Waals surface area contributed by atoms with Crippen LogP contribution < -0.4 is 5.32 Å². The van der Waals surface area contributed by atoms with Crippen LogP contribution >= 0.6 is 0 Å². The molecular weight excluding hydrogens is 358 g/mol. The Kier molecular flexibility index (Phi) is 7.84. The molecule has 0 radical (unpaired) electrons. The van der Waals surface area contributed by atoms with E-state index in [0.29, 0.717) is 46.2 Å². The molecule has 1 aliphatic rings. The molecule has 0 saturated heterocycles. The number of rotatable bonds is 11. The van der Waals surface area contributed by atoms with Crippen LogP contribution in [-0.4, -0.2) is 59.4 Å². The normalized spacial score (nSPS) is 12.5. The highest BCUT2D eigenvalue weighted by Crippen LogP contribution is 2.44. The largest absolute Gasteiger partial charge is 0.449 e. The lowest BCUT2D eigenvalue weighted by Gasteiger charge is -2.14. The molecule has 6 heteroatoms. The first-order valence-corrected chi connectivity index (χ1v) is 9.54. The van der Waals surface area contributed by atoms with Gasteiger partial charge >= 0.3 is 6.09 Å². The Morgan fingerprint density at radius 2 is 1.43 bits per heavy atom. The van der Waals surface area contributed by atoms with E-state index < -0.39 is 6.09 Å². The summed E-state index contributed by atoms with van der Waals surface area (Å²) < 4.78 is 21.0. The van der Waals surface area contributed by atoms with Gasteiger partial charge in [-0.15, -0.1) is 0 Å². The maximum atomic E-state index is 12.0. The predicted octanol–water partition coefficient (Wildman–Crippen LogP) is 3.20. The number of hydrogen-bond acceptors (Lipinski definition) is 5. The maximum absolute atomic E-state index is 12.0. The fraction of sp³-hybridized carbons (Fsp3) is 0.409. The Morgan fingerprint density at radius 3 is 2.07 bits per heavy atom. The number of alkyl carbamates (subject to hydrolysis) is 1. The minimum atomic E-state index is -0.429. The van der Waals surface area contributed by atoms with Crippen LogP contribution in [0.15, 0.2) is 48.5 Å². The SMILES string of the molecule is COCCOCCOCCNC(=O)OCC1c2ccccc2-c2ccccc21. The zero-order chi connectivity index (χ0) is 19.6. The average molecular weight is 385 g/mol. The number of fused-ring (bicyclic) bond motifs is 3. The monoisotopic (exact) mass is 385 g/mol. The fourth-order valence-electron chi connectivity index (χ4n) is 3.34. The van der Waals surface area contributed by atoms with E-state index in [1.807, 2.05) is 24.3 Å². The first-order valence-electron chi connectivity index (χ1n) is 9.54. The van der Waals surface area contributed by atoms with Crippen LogP contribution in [0.3, 0.4) is 0 Å². The third-order valence-corrected chi connectivity index (χ3v) is 4.66. The molecular formula is C22H27NO5. The lowest BCUT2D eigenvalue weighted by molar-refractivity contribution is 0.0254. The van der Waals surface area contributed by atoms with E-state index in [1.165, 1.54) is 22.3 Å². The predicted molar refractivity (Wildman–Crippen MR) is 107 cm³/mol. The molecule has 2 aromatic carbocycles. The highest BCUT2D eigenvalue weighted by Gasteiger charge is 2.28. The van der Waals surface area contributed by atoms with Crippen LogP contribution in [0, 0.1) is 0 Å². The molecule has 0 spiro atoms. The van der Waals surface area contributed by atoms with E-state index in [0.717, 1.165) is 0 Å². The van der Waals surface area contributed by atoms with Gasteiger partial charge in [0.2, 0.25) is 0 Å². The summed E-state index contributed by atoms with van der Waals surface area (Å²) in [6, 6.07) is 16.5. The van der Waals surface area contributed by atoms with Gasteiger partial charge in [-0.3, -0.25) is 0 Å². The molecule has 0 atom stereocenters. The molecule has 0 heterocycles. The molecule has 0 fully saturated rings. The summed E-state index contributed by atoms with van der Waals surface area (Å²) in [5, 5.41) is 2.72. The van der Waals surface area contributed by atoms with Gasteiger partial charge in [-0.05, 0) is 22.3 Å². The second kappa shape index (κ2) is 10.8. The van der Waals surface area contributed by atoms with Crippen LogP contribution in [0.1, 0.15) is 17.0 Å². The molecule has 1 N–H and O–H groups in total. The molecule has 0 unspecified atom stereocenters. The van der Waals surface area contributed by atoms with E-state index in [2.05, 4.69) is 29.6 Å². The molecule has 1 amide bonds. The molecule has 3 rings (SSSR count). The second-order valence-electron chi connectivity index (χ2n) is 6.47. The highest BCUT2D eigenvalue weighted by molar-refractivity contribution is 5.79. The number of nitrogens with one attached hydrogen (secondary N) is 1. The Morgan fingerprint density at radius 1 is 0.857 bits per heavy atom. The number of amides is 1. The smallest absolute Gasteiger partial charge is 0.407 e. The van der Waals surface area contributed by atoms with Crippen molar-refractivity contribution in [3.63, 3.8) is 0 Å². The van der Waals surface area contributed by atoms with Gasteiger partial charge in [0, 0.05) is 19.6 Å². The number of methoxy groups -OCH3 is 1. The van der Waals surface area contributed by atoms with E-state index in [4.69, 9.17) is 18.9 Å². The summed E-state index contributed by atoms with van der Waals surface area (Å²) in [5.74, 6) is 0.0682. The lowest BCUT2D eigenvalue weighted by Crippen LogP contribution is -2.29. The van der Waals surface area contributed by atoms with Crippen molar-refractivity contribution in [3.05, 3.63) is 59.7 Å². The third-order valence-electron chi connectivity index (χ3n) is 4.66. The van der Waals surface area contributed by atoms with Crippen molar-refractivity contribution in [2.45, 2.75) is 5.92 Å². The Balaban J connectivity index is 1.37. The van der Waals surface area contributed by atoms with Gasteiger partial charge in [0.1, 0.15) is 6.61 Å². The second-order valence-corrected chi connectivity index (χ2v) is 6.47. The molecule has 1 aliphatic carbocycles. The Bertz CT molecular complexity index is 719. The number of hydrogen-bond donors (Lipinski definition) is 1. The van der Waals surface area contributed by atoms with Gasteiger partial charge in [0.05, 0.1) is 33.0 Å². The Hall–Kier alpha value is -2.41. The molecule has 0 bridgehead atoms. The van der Waals surface area contributed by atoms with Gasteiger partial charge in [-0.1, -0.05) is 48.5 Å². The van der Waals surface area contributed by atoms with Crippen molar-refractivity contribution in [2.24, 2.45) is 0 Å². The van der Waals surface area contributed by atoms with Gasteiger partial charge in [-0.25, -0.2) is 4.79 Å². The van der Waals surface area contributed by atoms with Gasteiger partial charge in [-0.2, -0.15) is 0 Å². The number of carbonyl (C=O) groups is 1. The van der Waals surface area contributed by atoms with Crippen LogP contribution in [-0.2, 0) is 18.9 Å². The number of carbonyl (C=O) groups excluding carboxylic acids is 1. The van der Waals surface area contributed by atoms with Crippen molar-refractivity contribution >= 4 is 6.09 Å². The first kappa shape index (κ1) is 20.3. The number of benzene rings is 2. The van der Waals surface area contributed by atoms with Crippen LogP contribution in [0.25, 0.3) is 11.1 Å². The quantitative estimate of drug-likeness (QED) is 0.602. The zero-order valence-electron chi connectivity index (χ0n) is 16.2. The van der Waals surface area contributed by atoms with E-state index in [9.17, 15) is 4.79 Å². The van der Waals surface area contributed by atoms with Crippen molar-refractivity contribution in [3.8, 4) is 11.1 Å². The van der Waals surface area contributed by atoms with Crippen molar-refractivity contribution < 1.29 is 23.7 Å². The summed E-state index contributed by atoms with van der Waals surface area (Å²) in [6.07, 6.45) is -0.429. The van der Waals surface area contributed by atoms with Crippen LogP contribution in [0.2, 0.25) is 0 Å². The van der Waals surface area contributed by atoms with Gasteiger partial charge in [0.15, 0.2) is 0 Å². The Labute approximate surface area is 165 Å². The minimum Gasteiger partial charge on any atom is -0.449 e. The summed E-state index contributed by atoms with van der Waals surface area (Å²) in [5.41, 5.74) is 4.84. The molecule has 6 nitrogen and oxygen atoms in total. The van der Waals surface area contributed by atoms with Crippen LogP contribution in [0.5, 0.6) is 0 Å². The van der Waals surface area contributed by atoms with Crippen molar-refractivity contribution in [2.75, 3.05) is 53.3 Å². The molecule has 0 aromatic heterocycles. The summed E-state index contributed by atoms with van der Waals surface area (Å²) in [4.78, 5) is 12.0. The molecule has 150 valence electrons. The van der Waals surface area contributed by atoms with Crippen LogP contribution in [0.4, 0.5) is 4.79 Å². The van der Waals surface area contributed by atoms with E-state index >= 15 is 0 Å². The van der Waals surface area contributed by atoms with Crippen molar-refractivity contribution in [1.29, 1.82) is 0 Å². The van der Waals surface area contributed by atoms with E-state index in [-0.39, 0.29) is 5.92 Å². The molecule has 28 heavy (non-hydrogen) atoms. The first-order chi connectivity index (χ1) is 13.8. The van der Waals surface area contributed by atoms with E-state index in [1.54, 1.807) is 7.11 Å². The number of ether oxygens (including phenoxy) is 4. The van der Waals surface area contributed by atoms with Gasteiger partial charge in [0.25, 0.3) is 0 Å². The summed E-state index contributed by atoms with van der Waals surface area (Å²) in [7, 11) is 1.63. The fourth-order valence-corrected chi connectivity index (χ4v) is 3.34. The standard InChI is InChI=1S/C22H27NO5/c1-25-12-13-27-15-14-26-11-10-23-22(24)28-16-21-19-8-4-2-6-17(19)18-7-3-5-9-20(18)21/h2-9,21H,10-16H2,1H3,(H,23,24). The molecule has 0 aliphatic heterocycles. The molecule has 0 saturated carbocycles. The van der Waals surface area contributed by atoms with Crippen molar-refractivity contribution in [1.82, 2.24) is 5.32 Å². The summed E-state index contributed by atoms with van der Waals surface area (Å²) in [6.45, 7) is 3.24. The average Bonchev–Trinajstić information content (AvgIpc) is 3.05. The summed E-state index contributed by atoms with van der Waals surface area (Å²) >= 11 is 0. The maximum Gasteiger partial charge on any atom is 0.407 e. The lowest BCUT2D eigenvalue weighted by atomic mass is 9.98. The topological polar surface area (TPSA) is 66.0 Å². The van der Waals surface area contributed by atoms with Gasteiger partial charge < -0.3 is 24.3 Å². The highest BCUT2D eigenvalue weighted by atomic mass is 16.6. The third kappa shape index (κ3) is 5.32.